The van der Waals surface area contributed by atoms with Gasteiger partial charge in [0.15, 0.2) is 5.96 Å². The number of hydrogen-bond donors (Lipinski definition) is 2. The highest BCUT2D eigenvalue weighted by Crippen LogP contribution is 2.21. The molecule has 1 unspecified atom stereocenters. The van der Waals surface area contributed by atoms with Crippen molar-refractivity contribution in [2.45, 2.75) is 25.8 Å². The van der Waals surface area contributed by atoms with Crippen LogP contribution in [-0.2, 0) is 6.54 Å². The Morgan fingerprint density at radius 2 is 2.00 bits per heavy atom. The van der Waals surface area contributed by atoms with Gasteiger partial charge in [-0.25, -0.2) is 9.37 Å². The first-order valence-corrected chi connectivity index (χ1v) is 9.96. The number of guanidine groups is 1. The van der Waals surface area contributed by atoms with Crippen LogP contribution in [0.2, 0.25) is 0 Å². The van der Waals surface area contributed by atoms with Crippen molar-refractivity contribution in [2.75, 3.05) is 20.7 Å². The number of nitrogens with zero attached hydrogens (tertiary/aromatic N) is 3. The third kappa shape index (κ3) is 5.59. The van der Waals surface area contributed by atoms with Crippen LogP contribution in [0.15, 0.2) is 66.2 Å². The summed E-state index contributed by atoms with van der Waals surface area (Å²) in [7, 11) is 3.40. The van der Waals surface area contributed by atoms with Crippen LogP contribution in [0.1, 0.15) is 30.4 Å². The summed E-state index contributed by atoms with van der Waals surface area (Å²) in [6, 6.07) is 13.3. The highest BCUT2D eigenvalue weighted by atomic mass is 19.1. The van der Waals surface area contributed by atoms with Crippen molar-refractivity contribution in [3.05, 3.63) is 78.1 Å². The van der Waals surface area contributed by atoms with E-state index in [0.717, 1.165) is 24.3 Å². The van der Waals surface area contributed by atoms with Crippen molar-refractivity contribution in [2.24, 2.45) is 4.99 Å². The molecule has 0 radical (unpaired) electrons. The van der Waals surface area contributed by atoms with Crippen LogP contribution in [0, 0.1) is 5.82 Å². The molecule has 1 atom stereocenters. The lowest BCUT2D eigenvalue weighted by molar-refractivity contribution is 0.414. The third-order valence-corrected chi connectivity index (χ3v) is 5.03. The topological polar surface area (TPSA) is 63.5 Å². The molecule has 158 valence electrons. The van der Waals surface area contributed by atoms with Gasteiger partial charge in [0.05, 0.1) is 19.1 Å². The molecule has 0 saturated carbocycles. The quantitative estimate of drug-likeness (QED) is 0.438. The number of benzene rings is 2. The maximum Gasteiger partial charge on any atom is 0.191 e. The van der Waals surface area contributed by atoms with E-state index >= 15 is 0 Å². The SMILES string of the molecule is CN=C(NCCC(C)c1ccc(OC)cc1)NCc1ccc(-n2ccnc2)c(F)c1. The molecule has 0 aliphatic carbocycles. The number of imidazole rings is 1. The second-order valence-corrected chi connectivity index (χ2v) is 7.07. The van der Waals surface area contributed by atoms with Crippen molar-refractivity contribution in [3.63, 3.8) is 0 Å². The number of nitrogens with one attached hydrogen (secondary N) is 2. The second kappa shape index (κ2) is 10.4. The largest absolute Gasteiger partial charge is 0.497 e. The Bertz CT molecular complexity index is 954. The second-order valence-electron chi connectivity index (χ2n) is 7.07. The molecule has 0 amide bonds. The zero-order chi connectivity index (χ0) is 21.3. The molecule has 0 saturated heterocycles. The average Bonchev–Trinajstić information content (AvgIpc) is 3.30. The normalized spacial score (nSPS) is 12.5. The summed E-state index contributed by atoms with van der Waals surface area (Å²) in [6.07, 6.45) is 5.88. The van der Waals surface area contributed by atoms with E-state index in [2.05, 4.69) is 39.7 Å². The molecule has 0 fully saturated rings. The van der Waals surface area contributed by atoms with Crippen LogP contribution in [0.5, 0.6) is 5.75 Å². The Morgan fingerprint density at radius 3 is 2.63 bits per heavy atom. The number of hydrogen-bond acceptors (Lipinski definition) is 3. The number of halogens is 1. The smallest absolute Gasteiger partial charge is 0.191 e. The Labute approximate surface area is 176 Å². The molecule has 30 heavy (non-hydrogen) atoms. The summed E-state index contributed by atoms with van der Waals surface area (Å²) < 4.78 is 21.2. The summed E-state index contributed by atoms with van der Waals surface area (Å²) >= 11 is 0. The van der Waals surface area contributed by atoms with Gasteiger partial charge in [-0.15, -0.1) is 0 Å². The van der Waals surface area contributed by atoms with Crippen LogP contribution >= 0.6 is 0 Å². The summed E-state index contributed by atoms with van der Waals surface area (Å²) in [4.78, 5) is 8.20. The summed E-state index contributed by atoms with van der Waals surface area (Å²) in [5, 5.41) is 6.55. The molecule has 3 aromatic rings. The lowest BCUT2D eigenvalue weighted by Gasteiger charge is -2.16. The van der Waals surface area contributed by atoms with Crippen LogP contribution in [0.25, 0.3) is 5.69 Å². The molecule has 0 aliphatic rings. The van der Waals surface area contributed by atoms with Crippen molar-refractivity contribution in [3.8, 4) is 11.4 Å². The number of methoxy groups -OCH3 is 1. The van der Waals surface area contributed by atoms with Crippen molar-refractivity contribution in [1.82, 2.24) is 20.2 Å². The van der Waals surface area contributed by atoms with E-state index in [-0.39, 0.29) is 5.82 Å². The average molecular weight is 410 g/mol. The van der Waals surface area contributed by atoms with Crippen LogP contribution in [0.3, 0.4) is 0 Å². The van der Waals surface area contributed by atoms with Gasteiger partial charge in [0.2, 0.25) is 0 Å². The van der Waals surface area contributed by atoms with E-state index < -0.39 is 0 Å². The minimum atomic E-state index is -0.288. The van der Waals surface area contributed by atoms with Gasteiger partial charge in [0.1, 0.15) is 11.6 Å². The molecule has 1 aromatic heterocycles. The predicted octanol–water partition coefficient (Wildman–Crippen LogP) is 3.88. The van der Waals surface area contributed by atoms with Crippen LogP contribution in [-0.4, -0.2) is 36.2 Å². The Morgan fingerprint density at radius 1 is 1.20 bits per heavy atom. The van der Waals surface area contributed by atoms with Gasteiger partial charge in [-0.1, -0.05) is 25.1 Å². The van der Waals surface area contributed by atoms with E-state index in [4.69, 9.17) is 4.74 Å². The zero-order valence-electron chi connectivity index (χ0n) is 17.6. The first-order chi connectivity index (χ1) is 14.6. The van der Waals surface area contributed by atoms with Gasteiger partial charge in [0.25, 0.3) is 0 Å². The highest BCUT2D eigenvalue weighted by Gasteiger charge is 2.08. The van der Waals surface area contributed by atoms with Crippen LogP contribution in [0.4, 0.5) is 4.39 Å². The minimum Gasteiger partial charge on any atom is -0.497 e. The van der Waals surface area contributed by atoms with Gasteiger partial charge < -0.3 is 19.9 Å². The fourth-order valence-corrected chi connectivity index (χ4v) is 3.18. The van der Waals surface area contributed by atoms with Crippen LogP contribution < -0.4 is 15.4 Å². The minimum absolute atomic E-state index is 0.288. The third-order valence-electron chi connectivity index (χ3n) is 5.03. The molecular formula is C23H28FN5O. The van der Waals surface area contributed by atoms with E-state index in [0.29, 0.717) is 24.1 Å². The van der Waals surface area contributed by atoms with Gasteiger partial charge in [-0.05, 0) is 47.7 Å². The monoisotopic (exact) mass is 409 g/mol. The highest BCUT2D eigenvalue weighted by molar-refractivity contribution is 5.79. The van der Waals surface area contributed by atoms with E-state index in [1.54, 1.807) is 43.5 Å². The van der Waals surface area contributed by atoms with E-state index in [1.807, 2.05) is 18.2 Å². The molecular weight excluding hydrogens is 381 g/mol. The molecule has 3 rings (SSSR count). The number of aromatic nitrogens is 2. The molecule has 1 heterocycles. The van der Waals surface area contributed by atoms with E-state index in [9.17, 15) is 4.39 Å². The van der Waals surface area contributed by atoms with Crippen molar-refractivity contribution >= 4 is 5.96 Å². The van der Waals surface area contributed by atoms with Gasteiger partial charge >= 0.3 is 0 Å². The first-order valence-electron chi connectivity index (χ1n) is 9.96. The standard InChI is InChI=1S/C23H28FN5O/c1-17(19-5-7-20(30-3)8-6-19)10-11-27-23(25-2)28-15-18-4-9-22(21(24)14-18)29-13-12-26-16-29/h4-9,12-14,16-17H,10-11,15H2,1-3H3,(H2,25,27,28). The Balaban J connectivity index is 1.47. The summed E-state index contributed by atoms with van der Waals surface area (Å²) in [5.74, 6) is 1.68. The fraction of sp³-hybridized carbons (Fsp3) is 0.304. The maximum atomic E-state index is 14.4. The van der Waals surface area contributed by atoms with Crippen molar-refractivity contribution < 1.29 is 9.13 Å². The summed E-state index contributed by atoms with van der Waals surface area (Å²) in [6.45, 7) is 3.46. The number of rotatable bonds is 8. The zero-order valence-corrected chi connectivity index (χ0v) is 17.6. The Kier molecular flexibility index (Phi) is 7.43. The lowest BCUT2D eigenvalue weighted by Crippen LogP contribution is -2.37. The molecule has 6 nitrogen and oxygen atoms in total. The summed E-state index contributed by atoms with van der Waals surface area (Å²) in [5.41, 5.74) is 2.59. The number of aliphatic imine (C=N–C) groups is 1. The molecule has 0 aliphatic heterocycles. The predicted molar refractivity (Wildman–Crippen MR) is 118 cm³/mol. The Hall–Kier alpha value is -3.35. The maximum absolute atomic E-state index is 14.4. The molecule has 0 bridgehead atoms. The van der Waals surface area contributed by atoms with Crippen molar-refractivity contribution in [1.29, 1.82) is 0 Å². The number of ether oxygens (including phenoxy) is 1. The van der Waals surface area contributed by atoms with Gasteiger partial charge in [-0.2, -0.15) is 0 Å². The molecule has 0 spiro atoms. The van der Waals surface area contributed by atoms with Gasteiger partial charge in [0, 0.05) is 32.5 Å². The lowest BCUT2D eigenvalue weighted by atomic mass is 9.98. The molecule has 2 aromatic carbocycles. The molecule has 7 heteroatoms. The van der Waals surface area contributed by atoms with E-state index in [1.165, 1.54) is 11.6 Å². The first kappa shape index (κ1) is 21.4. The molecule has 2 N–H and O–H groups in total. The fourth-order valence-electron chi connectivity index (χ4n) is 3.18. The van der Waals surface area contributed by atoms with Gasteiger partial charge in [-0.3, -0.25) is 4.99 Å².